The highest BCUT2D eigenvalue weighted by atomic mass is 16.6. The average molecular weight is 395 g/mol. The first-order valence-electron chi connectivity index (χ1n) is 8.60. The van der Waals surface area contributed by atoms with Gasteiger partial charge in [0.15, 0.2) is 11.5 Å². The quantitative estimate of drug-likeness (QED) is 0.333. The first-order chi connectivity index (χ1) is 13.9. The van der Waals surface area contributed by atoms with Crippen molar-refractivity contribution in [1.29, 1.82) is 0 Å². The molecule has 1 amide bonds. The molecule has 0 fully saturated rings. The minimum absolute atomic E-state index is 0.00863. The molecule has 3 aromatic rings. The van der Waals surface area contributed by atoms with E-state index >= 15 is 0 Å². The molecule has 0 saturated carbocycles. The predicted molar refractivity (Wildman–Crippen MR) is 107 cm³/mol. The largest absolute Gasteiger partial charge is 0.507 e. The van der Waals surface area contributed by atoms with Crippen LogP contribution in [0.15, 0.2) is 53.6 Å². The van der Waals surface area contributed by atoms with Crippen LogP contribution in [-0.2, 0) is 0 Å². The summed E-state index contributed by atoms with van der Waals surface area (Å²) in [5.74, 6) is -1.31. The van der Waals surface area contributed by atoms with Gasteiger partial charge in [-0.3, -0.25) is 14.9 Å². The van der Waals surface area contributed by atoms with E-state index in [1.807, 2.05) is 6.07 Å². The highest BCUT2D eigenvalue weighted by Crippen LogP contribution is 2.33. The van der Waals surface area contributed by atoms with Crippen molar-refractivity contribution in [2.75, 3.05) is 6.61 Å². The number of hydrogen-bond donors (Lipinski definition) is 3. The van der Waals surface area contributed by atoms with Crippen molar-refractivity contribution in [2.24, 2.45) is 5.10 Å². The predicted octanol–water partition coefficient (Wildman–Crippen LogP) is 3.32. The van der Waals surface area contributed by atoms with Crippen LogP contribution in [0.4, 0.5) is 5.69 Å². The summed E-state index contributed by atoms with van der Waals surface area (Å²) < 4.78 is 5.18. The summed E-state index contributed by atoms with van der Waals surface area (Å²) in [7, 11) is 0. The van der Waals surface area contributed by atoms with Crippen LogP contribution >= 0.6 is 0 Å². The Morgan fingerprint density at radius 3 is 2.55 bits per heavy atom. The highest BCUT2D eigenvalue weighted by molar-refractivity contribution is 6.01. The molecule has 9 nitrogen and oxygen atoms in total. The Bertz CT molecular complexity index is 1130. The first-order valence-corrected chi connectivity index (χ1v) is 8.60. The Morgan fingerprint density at radius 1 is 1.21 bits per heavy atom. The van der Waals surface area contributed by atoms with Crippen molar-refractivity contribution in [3.05, 3.63) is 69.8 Å². The Morgan fingerprint density at radius 2 is 1.90 bits per heavy atom. The standard InChI is InChI=1S/C20H17N3O6/c1-2-29-18-10-15(23(27)28)7-14(19(18)25)11-21-22-20(26)16-8-12-5-3-4-6-13(12)9-17(16)24/h3-11,24-25H,2H2,1H3,(H,22,26). The lowest BCUT2D eigenvalue weighted by Gasteiger charge is -2.08. The Labute approximate surface area is 165 Å². The molecule has 0 saturated heterocycles. The number of phenolic OH excluding ortho intramolecular Hbond substituents is 2. The van der Waals surface area contributed by atoms with Gasteiger partial charge < -0.3 is 14.9 Å². The number of benzene rings is 3. The molecule has 9 heteroatoms. The molecule has 3 N–H and O–H groups in total. The van der Waals surface area contributed by atoms with Crippen LogP contribution in [0.2, 0.25) is 0 Å². The van der Waals surface area contributed by atoms with Crippen LogP contribution in [0.1, 0.15) is 22.8 Å². The van der Waals surface area contributed by atoms with E-state index in [1.54, 1.807) is 25.1 Å². The number of rotatable bonds is 6. The number of ether oxygens (including phenoxy) is 1. The summed E-state index contributed by atoms with van der Waals surface area (Å²) in [6.07, 6.45) is 1.06. The SMILES string of the molecule is CCOc1cc([N+](=O)[O-])cc(C=NNC(=O)c2cc3ccccc3cc2O)c1O. The van der Waals surface area contributed by atoms with Crippen molar-refractivity contribution < 1.29 is 24.7 Å². The van der Waals surface area contributed by atoms with Gasteiger partial charge >= 0.3 is 0 Å². The van der Waals surface area contributed by atoms with Crippen LogP contribution in [-0.4, -0.2) is 33.9 Å². The molecule has 0 radical (unpaired) electrons. The molecule has 0 aliphatic heterocycles. The Balaban J connectivity index is 1.85. The second-order valence-corrected chi connectivity index (χ2v) is 5.99. The fourth-order valence-electron chi connectivity index (χ4n) is 2.71. The zero-order chi connectivity index (χ0) is 21.0. The number of amides is 1. The zero-order valence-electron chi connectivity index (χ0n) is 15.3. The minimum Gasteiger partial charge on any atom is -0.507 e. The van der Waals surface area contributed by atoms with Crippen LogP contribution in [0.3, 0.4) is 0 Å². The van der Waals surface area contributed by atoms with Crippen LogP contribution in [0, 0.1) is 10.1 Å². The van der Waals surface area contributed by atoms with Gasteiger partial charge in [-0.15, -0.1) is 0 Å². The molecule has 148 valence electrons. The molecule has 29 heavy (non-hydrogen) atoms. The molecule has 0 spiro atoms. The topological polar surface area (TPSA) is 134 Å². The number of phenols is 2. The summed E-state index contributed by atoms with van der Waals surface area (Å²) in [4.78, 5) is 22.8. The van der Waals surface area contributed by atoms with E-state index < -0.39 is 10.8 Å². The maximum absolute atomic E-state index is 12.3. The fraction of sp³-hybridized carbons (Fsp3) is 0.100. The van der Waals surface area contributed by atoms with Crippen molar-refractivity contribution in [1.82, 2.24) is 5.43 Å². The number of non-ortho nitro benzene ring substituents is 1. The maximum atomic E-state index is 12.3. The van der Waals surface area contributed by atoms with Crippen molar-refractivity contribution in [3.63, 3.8) is 0 Å². The van der Waals surface area contributed by atoms with Gasteiger partial charge in [-0.25, -0.2) is 5.43 Å². The minimum atomic E-state index is -0.681. The fourth-order valence-corrected chi connectivity index (χ4v) is 2.71. The zero-order valence-corrected chi connectivity index (χ0v) is 15.3. The summed E-state index contributed by atoms with van der Waals surface area (Å²) in [5.41, 5.74) is 1.93. The lowest BCUT2D eigenvalue weighted by Crippen LogP contribution is -2.17. The van der Waals surface area contributed by atoms with E-state index in [9.17, 15) is 25.1 Å². The second kappa shape index (κ2) is 8.26. The van der Waals surface area contributed by atoms with E-state index in [4.69, 9.17) is 4.74 Å². The van der Waals surface area contributed by atoms with Crippen molar-refractivity contribution in [2.45, 2.75) is 6.92 Å². The first kappa shape index (κ1) is 19.6. The number of nitro benzene ring substituents is 1. The molecule has 0 bridgehead atoms. The van der Waals surface area contributed by atoms with Gasteiger partial charge in [0.1, 0.15) is 5.75 Å². The molecule has 0 atom stereocenters. The lowest BCUT2D eigenvalue weighted by molar-refractivity contribution is -0.385. The normalized spacial score (nSPS) is 10.9. The molecule has 3 rings (SSSR count). The highest BCUT2D eigenvalue weighted by Gasteiger charge is 2.17. The third-order valence-corrected chi connectivity index (χ3v) is 4.08. The van der Waals surface area contributed by atoms with E-state index in [2.05, 4.69) is 10.5 Å². The molecule has 0 unspecified atom stereocenters. The number of nitrogens with zero attached hydrogens (tertiary/aromatic N) is 2. The number of nitro groups is 1. The second-order valence-electron chi connectivity index (χ2n) is 5.99. The maximum Gasteiger partial charge on any atom is 0.275 e. The van der Waals surface area contributed by atoms with Crippen molar-refractivity contribution >= 4 is 28.6 Å². The Hall–Kier alpha value is -4.14. The van der Waals surface area contributed by atoms with Crippen LogP contribution in [0.25, 0.3) is 10.8 Å². The smallest absolute Gasteiger partial charge is 0.275 e. The number of fused-ring (bicyclic) bond motifs is 1. The van der Waals surface area contributed by atoms with Crippen LogP contribution in [0.5, 0.6) is 17.2 Å². The van der Waals surface area contributed by atoms with Gasteiger partial charge in [-0.05, 0) is 29.8 Å². The van der Waals surface area contributed by atoms with Gasteiger partial charge in [-0.2, -0.15) is 5.10 Å². The van der Waals surface area contributed by atoms with E-state index in [-0.39, 0.29) is 40.7 Å². The summed E-state index contributed by atoms with van der Waals surface area (Å²) in [5, 5.41) is 36.6. The number of hydrazone groups is 1. The molecule has 0 heterocycles. The van der Waals surface area contributed by atoms with Gasteiger partial charge in [0.2, 0.25) is 0 Å². The number of aromatic hydroxyl groups is 2. The van der Waals surface area contributed by atoms with Gasteiger partial charge in [0.25, 0.3) is 11.6 Å². The molecule has 0 aliphatic carbocycles. The molecule has 3 aromatic carbocycles. The number of carbonyl (C=O) groups excluding carboxylic acids is 1. The van der Waals surface area contributed by atoms with E-state index in [1.165, 1.54) is 12.1 Å². The summed E-state index contributed by atoms with van der Waals surface area (Å²) in [6, 6.07) is 12.4. The van der Waals surface area contributed by atoms with E-state index in [0.717, 1.165) is 29.1 Å². The molecule has 0 aromatic heterocycles. The van der Waals surface area contributed by atoms with Gasteiger partial charge in [0.05, 0.1) is 29.4 Å². The molecule has 0 aliphatic rings. The summed E-state index contributed by atoms with van der Waals surface area (Å²) in [6.45, 7) is 1.87. The Kier molecular flexibility index (Phi) is 5.59. The number of hydrogen-bond acceptors (Lipinski definition) is 7. The summed E-state index contributed by atoms with van der Waals surface area (Å²) >= 11 is 0. The molecular weight excluding hydrogens is 378 g/mol. The lowest BCUT2D eigenvalue weighted by atomic mass is 10.1. The van der Waals surface area contributed by atoms with Gasteiger partial charge in [-0.1, -0.05) is 24.3 Å². The monoisotopic (exact) mass is 395 g/mol. The number of nitrogens with one attached hydrogen (secondary N) is 1. The number of carbonyl (C=O) groups is 1. The third-order valence-electron chi connectivity index (χ3n) is 4.08. The molecular formula is C20H17N3O6. The van der Waals surface area contributed by atoms with Crippen molar-refractivity contribution in [3.8, 4) is 17.2 Å². The third kappa shape index (κ3) is 4.24. The average Bonchev–Trinajstić information content (AvgIpc) is 2.69. The van der Waals surface area contributed by atoms with Gasteiger partial charge in [0, 0.05) is 11.6 Å². The van der Waals surface area contributed by atoms with E-state index in [0.29, 0.717) is 0 Å². The van der Waals surface area contributed by atoms with Crippen LogP contribution < -0.4 is 10.2 Å².